The monoisotopic (exact) mass is 390 g/mol. The van der Waals surface area contributed by atoms with Crippen LogP contribution in [0, 0.1) is 34.5 Å². The molecule has 0 spiro atoms. The van der Waals surface area contributed by atoms with Gasteiger partial charge in [-0.1, -0.05) is 13.8 Å². The minimum Gasteiger partial charge on any atom is -0.458 e. The molecule has 3 N–H and O–H groups in total. The van der Waals surface area contributed by atoms with E-state index in [1.165, 1.54) is 0 Å². The molecule has 0 amide bonds. The molecule has 0 radical (unpaired) electrons. The molecule has 5 aliphatic rings. The van der Waals surface area contributed by atoms with Gasteiger partial charge in [0.05, 0.1) is 17.8 Å². The number of ether oxygens (including phenoxy) is 1. The first-order chi connectivity index (χ1) is 13.2. The molecule has 1 aliphatic heterocycles. The predicted molar refractivity (Wildman–Crippen MR) is 103 cm³/mol. The number of cyclic esters (lactones) is 1. The minimum absolute atomic E-state index is 0.00129. The molecule has 28 heavy (non-hydrogen) atoms. The van der Waals surface area contributed by atoms with Crippen molar-refractivity contribution in [1.82, 2.24) is 0 Å². The lowest BCUT2D eigenvalue weighted by Gasteiger charge is -2.64. The van der Waals surface area contributed by atoms with Gasteiger partial charge in [-0.2, -0.15) is 0 Å². The van der Waals surface area contributed by atoms with Crippen LogP contribution in [0.25, 0.3) is 0 Å². The van der Waals surface area contributed by atoms with Gasteiger partial charge in [0.15, 0.2) is 0 Å². The van der Waals surface area contributed by atoms with Crippen molar-refractivity contribution < 1.29 is 24.9 Å². The largest absolute Gasteiger partial charge is 0.458 e. The number of hydrogen-bond acceptors (Lipinski definition) is 5. The standard InChI is InChI=1S/C23H34O5/c1-21-7-5-15(24)10-14(21)3-4-17-18(21)11-19(25)22(2)16(6-8-23(17,22)27)13-9-20(26)28-12-13/h9,14-19,24-25,27H,3-8,10-12H2,1-2H3/t14?,15-,16+,17+,18-,19+,21-,22-,23-/m0/s1. The second kappa shape index (κ2) is 6.05. The molecular formula is C23H34O5. The van der Waals surface area contributed by atoms with Crippen molar-refractivity contribution in [2.45, 2.75) is 83.0 Å². The Morgan fingerprint density at radius 3 is 2.54 bits per heavy atom. The Labute approximate surface area is 167 Å². The van der Waals surface area contributed by atoms with E-state index in [9.17, 15) is 20.1 Å². The van der Waals surface area contributed by atoms with Gasteiger partial charge in [-0.3, -0.25) is 0 Å². The molecule has 1 unspecified atom stereocenters. The third-order valence-electron chi connectivity index (χ3n) is 10.0. The van der Waals surface area contributed by atoms with Crippen molar-refractivity contribution in [2.24, 2.45) is 34.5 Å². The van der Waals surface area contributed by atoms with Crippen LogP contribution in [0.2, 0.25) is 0 Å². The smallest absolute Gasteiger partial charge is 0.331 e. The minimum atomic E-state index is -0.906. The lowest BCUT2D eigenvalue weighted by molar-refractivity contribution is -0.244. The first-order valence-electron chi connectivity index (χ1n) is 11.2. The lowest BCUT2D eigenvalue weighted by atomic mass is 9.42. The third kappa shape index (κ3) is 2.27. The van der Waals surface area contributed by atoms with Crippen LogP contribution in [0.15, 0.2) is 11.6 Å². The lowest BCUT2D eigenvalue weighted by Crippen LogP contribution is -2.67. The Kier molecular flexibility index (Phi) is 4.12. The number of carbonyl (C=O) groups excluding carboxylic acids is 1. The topological polar surface area (TPSA) is 87.0 Å². The summed E-state index contributed by atoms with van der Waals surface area (Å²) in [5, 5.41) is 33.7. The van der Waals surface area contributed by atoms with Gasteiger partial charge in [-0.15, -0.1) is 0 Å². The molecule has 9 atom stereocenters. The van der Waals surface area contributed by atoms with Gasteiger partial charge >= 0.3 is 5.97 Å². The van der Waals surface area contributed by atoms with Gasteiger partial charge < -0.3 is 20.1 Å². The average Bonchev–Trinajstić information content (AvgIpc) is 3.19. The van der Waals surface area contributed by atoms with Crippen LogP contribution in [-0.4, -0.2) is 45.7 Å². The number of fused-ring (bicyclic) bond motifs is 5. The van der Waals surface area contributed by atoms with Crippen LogP contribution >= 0.6 is 0 Å². The Bertz CT molecular complexity index is 718. The SMILES string of the molecule is C[C@]12[C@H](O)C[C@H]3[C@@H](CCC4C[C@@H](O)CC[C@@]43C)[C@@]1(O)CC[C@@H]2C1=CC(=O)OC1. The normalized spacial score (nSPS) is 55.8. The summed E-state index contributed by atoms with van der Waals surface area (Å²) in [6, 6.07) is 0. The molecule has 4 fully saturated rings. The van der Waals surface area contributed by atoms with E-state index in [4.69, 9.17) is 4.74 Å². The number of hydrogen-bond donors (Lipinski definition) is 3. The zero-order chi connectivity index (χ0) is 19.9. The van der Waals surface area contributed by atoms with Crippen LogP contribution in [0.5, 0.6) is 0 Å². The van der Waals surface area contributed by atoms with Crippen LogP contribution < -0.4 is 0 Å². The number of aliphatic hydroxyl groups is 3. The van der Waals surface area contributed by atoms with Crippen molar-refractivity contribution >= 4 is 5.97 Å². The number of aliphatic hydroxyl groups excluding tert-OH is 2. The van der Waals surface area contributed by atoms with Crippen LogP contribution in [0.1, 0.15) is 65.2 Å². The maximum absolute atomic E-state index is 12.1. The molecule has 5 rings (SSSR count). The van der Waals surface area contributed by atoms with Gasteiger partial charge in [-0.05, 0) is 86.0 Å². The fraction of sp³-hybridized carbons (Fsp3) is 0.870. The molecule has 1 heterocycles. The van der Waals surface area contributed by atoms with E-state index in [-0.39, 0.29) is 29.3 Å². The Morgan fingerprint density at radius 1 is 1.04 bits per heavy atom. The second-order valence-electron chi connectivity index (χ2n) is 10.8. The predicted octanol–water partition coefficient (Wildman–Crippen LogP) is 2.58. The summed E-state index contributed by atoms with van der Waals surface area (Å²) >= 11 is 0. The molecule has 0 aromatic carbocycles. The van der Waals surface area contributed by atoms with Crippen molar-refractivity contribution in [2.75, 3.05) is 6.61 Å². The van der Waals surface area contributed by atoms with Crippen molar-refractivity contribution in [3.63, 3.8) is 0 Å². The van der Waals surface area contributed by atoms with Gasteiger partial charge in [0.1, 0.15) is 6.61 Å². The summed E-state index contributed by atoms with van der Waals surface area (Å²) < 4.78 is 5.16. The van der Waals surface area contributed by atoms with E-state index in [2.05, 4.69) is 6.92 Å². The highest BCUT2D eigenvalue weighted by molar-refractivity contribution is 5.85. The van der Waals surface area contributed by atoms with E-state index in [0.717, 1.165) is 44.1 Å². The first-order valence-corrected chi connectivity index (χ1v) is 11.2. The van der Waals surface area contributed by atoms with E-state index < -0.39 is 17.1 Å². The van der Waals surface area contributed by atoms with E-state index in [1.54, 1.807) is 6.08 Å². The maximum Gasteiger partial charge on any atom is 0.331 e. The van der Waals surface area contributed by atoms with Crippen molar-refractivity contribution in [3.05, 3.63) is 11.6 Å². The fourth-order valence-electron chi connectivity index (χ4n) is 8.37. The summed E-state index contributed by atoms with van der Waals surface area (Å²) in [7, 11) is 0. The molecule has 0 aromatic heterocycles. The van der Waals surface area contributed by atoms with E-state index in [0.29, 0.717) is 31.3 Å². The van der Waals surface area contributed by atoms with Gasteiger partial charge in [0, 0.05) is 11.5 Å². The number of esters is 1. The van der Waals surface area contributed by atoms with Crippen molar-refractivity contribution in [1.29, 1.82) is 0 Å². The number of carbonyl (C=O) groups is 1. The van der Waals surface area contributed by atoms with Crippen LogP contribution in [0.3, 0.4) is 0 Å². The van der Waals surface area contributed by atoms with E-state index >= 15 is 0 Å². The van der Waals surface area contributed by atoms with Crippen molar-refractivity contribution in [3.8, 4) is 0 Å². The molecule has 4 saturated carbocycles. The first kappa shape index (κ1) is 19.1. The highest BCUT2D eigenvalue weighted by Gasteiger charge is 2.70. The molecule has 4 aliphatic carbocycles. The molecular weight excluding hydrogens is 356 g/mol. The molecule has 5 heteroatoms. The molecule has 156 valence electrons. The summed E-state index contributed by atoms with van der Waals surface area (Å²) in [5.74, 6) is 0.657. The highest BCUT2D eigenvalue weighted by Crippen LogP contribution is 2.69. The average molecular weight is 391 g/mol. The fourth-order valence-corrected chi connectivity index (χ4v) is 8.37. The molecule has 5 nitrogen and oxygen atoms in total. The third-order valence-corrected chi connectivity index (χ3v) is 10.0. The van der Waals surface area contributed by atoms with Crippen LogP contribution in [0.4, 0.5) is 0 Å². The van der Waals surface area contributed by atoms with Gasteiger partial charge in [-0.25, -0.2) is 4.79 Å². The van der Waals surface area contributed by atoms with E-state index in [1.807, 2.05) is 6.92 Å². The molecule has 0 bridgehead atoms. The zero-order valence-corrected chi connectivity index (χ0v) is 17.1. The van der Waals surface area contributed by atoms with Gasteiger partial charge in [0.2, 0.25) is 0 Å². The van der Waals surface area contributed by atoms with Gasteiger partial charge in [0.25, 0.3) is 0 Å². The summed E-state index contributed by atoms with van der Waals surface area (Å²) in [6.07, 6.45) is 7.69. The highest BCUT2D eigenvalue weighted by atomic mass is 16.5. The van der Waals surface area contributed by atoms with Crippen LogP contribution in [-0.2, 0) is 9.53 Å². The summed E-state index contributed by atoms with van der Waals surface area (Å²) in [6.45, 7) is 4.69. The number of rotatable bonds is 1. The summed E-state index contributed by atoms with van der Waals surface area (Å²) in [5.41, 5.74) is -0.507. The second-order valence-corrected chi connectivity index (χ2v) is 10.8. The maximum atomic E-state index is 12.1. The Morgan fingerprint density at radius 2 is 1.82 bits per heavy atom. The summed E-state index contributed by atoms with van der Waals surface area (Å²) in [4.78, 5) is 11.6. The zero-order valence-electron chi connectivity index (χ0n) is 17.1. The quantitative estimate of drug-likeness (QED) is 0.599. The Balaban J connectivity index is 1.51. The molecule has 0 saturated heterocycles. The molecule has 0 aromatic rings. The Hall–Kier alpha value is -0.910.